The molecular weight excluding hydrogens is 1250 g/mol. The second kappa shape index (κ2) is 38.6. The molecule has 0 aliphatic heterocycles. The summed E-state index contributed by atoms with van der Waals surface area (Å²) in [7, 11) is 0. The van der Waals surface area contributed by atoms with Gasteiger partial charge in [-0.1, -0.05) is 90.8 Å². The number of rotatable bonds is 31. The Balaban J connectivity index is 0.000000365. The van der Waals surface area contributed by atoms with Crippen LogP contribution in [0.3, 0.4) is 0 Å². The second-order valence-corrected chi connectivity index (χ2v) is 22.1. The fourth-order valence-electron chi connectivity index (χ4n) is 8.64. The number of aryl methyl sites for hydroxylation is 3. The summed E-state index contributed by atoms with van der Waals surface area (Å²) in [5, 5.41) is 18.0. The number of nitrogens with zero attached hydrogens (tertiary/aromatic N) is 5. The van der Waals surface area contributed by atoms with E-state index in [1.165, 1.54) is 112 Å². The van der Waals surface area contributed by atoms with E-state index in [2.05, 4.69) is 90.7 Å². The maximum Gasteiger partial charge on any atom is 2.00 e. The summed E-state index contributed by atoms with van der Waals surface area (Å²) < 4.78 is 52.9. The topological polar surface area (TPSA) is 200 Å². The van der Waals surface area contributed by atoms with Crippen LogP contribution in [0.4, 0.5) is 13.2 Å². The summed E-state index contributed by atoms with van der Waals surface area (Å²) in [4.78, 5) is 55.2. The minimum absolute atomic E-state index is 0. The maximum atomic E-state index is 13.0. The van der Waals surface area contributed by atoms with Crippen molar-refractivity contribution in [2.75, 3.05) is 0 Å². The Labute approximate surface area is 525 Å². The number of thiocarbonyl (C=S) groups is 1. The van der Waals surface area contributed by atoms with Gasteiger partial charge in [0, 0.05) is 48.7 Å². The predicted octanol–water partition coefficient (Wildman–Crippen LogP) is 18.9. The first-order chi connectivity index (χ1) is 40.8. The number of carbonyl (C=O) groups excluding carboxylic acids is 3. The molecule has 0 bridgehead atoms. The Bertz CT molecular complexity index is 3320. The molecule has 0 fully saturated rings. The molecule has 7 rings (SSSR count). The number of thiophene rings is 3. The van der Waals surface area contributed by atoms with Crippen LogP contribution in [0.25, 0.3) is 87.8 Å². The summed E-state index contributed by atoms with van der Waals surface area (Å²) in [5.74, 6) is 0. The van der Waals surface area contributed by atoms with E-state index in [4.69, 9.17) is 16.6 Å². The van der Waals surface area contributed by atoms with Gasteiger partial charge in [-0.05, 0) is 174 Å². The molecule has 7 heterocycles. The molecule has 2 N–H and O–H groups in total. The maximum absolute atomic E-state index is 13.0. The first-order valence-corrected chi connectivity index (χ1v) is 30.3. The summed E-state index contributed by atoms with van der Waals surface area (Å²) >= 11 is 9.18. The zero-order valence-corrected chi connectivity index (χ0v) is 52.4. The minimum atomic E-state index is -4.80. The third-order valence-corrected chi connectivity index (χ3v) is 16.4. The van der Waals surface area contributed by atoms with E-state index in [0.717, 1.165) is 66.5 Å². The molecule has 7 aromatic heterocycles. The van der Waals surface area contributed by atoms with Crippen LogP contribution in [-0.4, -0.2) is 56.4 Å². The van der Waals surface area contributed by atoms with Crippen molar-refractivity contribution >= 4 is 100 Å². The van der Waals surface area contributed by atoms with Crippen molar-refractivity contribution in [1.29, 1.82) is 5.41 Å². The first kappa shape index (κ1) is 70.2. The Morgan fingerprint density at radius 3 is 1.55 bits per heavy atom. The predicted molar refractivity (Wildman–Crippen MR) is 339 cm³/mol. The minimum Gasteiger partial charge on any atom is -0.753 e. The third kappa shape index (κ3) is 23.3. The van der Waals surface area contributed by atoms with Crippen molar-refractivity contribution in [3.05, 3.63) is 166 Å². The van der Waals surface area contributed by atoms with E-state index < -0.39 is 17.6 Å². The van der Waals surface area contributed by atoms with E-state index in [1.54, 1.807) is 90.6 Å². The van der Waals surface area contributed by atoms with Gasteiger partial charge in [-0.15, -0.1) is 39.7 Å². The Morgan fingerprint density at radius 2 is 1.06 bits per heavy atom. The number of carbonyl (C=O) groups is 3. The van der Waals surface area contributed by atoms with Gasteiger partial charge in [0.05, 0.1) is 41.6 Å². The second-order valence-electron chi connectivity index (χ2n) is 18.9. The average Bonchev–Trinajstić information content (AvgIpc) is 3.75. The smallest absolute Gasteiger partial charge is 0.753 e. The number of aromatic nitrogens is 4. The number of allylic oxidation sites excluding steroid dienone is 1. The Kier molecular flexibility index (Phi) is 31.9. The third-order valence-electron chi connectivity index (χ3n) is 12.7. The number of ether oxygens (including phenoxy) is 3. The standard InChI is InChI=1S/C39H49F3N3S3.C24H17N3O6.CNS.Ru/c1-4-7-10-13-16-27-20-22-46-37(27)33-25-29(18-15-12-9-6-3)38(48-33)34-24-28(17-14-11-8-5-2)36(47-34)30-19-21-45-32(23-30)31(43)26-35(44)39(40,41)42;28-15-31-8-3-18-1-6-25-21(11-18)23-13-20(5-10-33-17-30)14-24(27-23)22-12-19(2-7-26-22)4-9-32-16-29;2-1-3;/h19-26,43-44H,4-18H2,1-3H3;1-17H;;/q-1;;-1;+2/b31-26-,44-35?;8-3+,9-4+,10-5+;;. The average molecular weight is 1320 g/mol. The van der Waals surface area contributed by atoms with Crippen molar-refractivity contribution in [2.45, 2.75) is 123 Å². The molecule has 0 saturated heterocycles. The van der Waals surface area contributed by atoms with Gasteiger partial charge in [-0.2, -0.15) is 18.3 Å². The van der Waals surface area contributed by atoms with Gasteiger partial charge in [0.1, 0.15) is 5.71 Å². The zero-order chi connectivity index (χ0) is 60.5. The number of nitrogens with one attached hydrogen (secondary N) is 2. The SMILES string of the molecule is CCCCCCc1cc(-c2sc(-c3sccc3CCCCCC)cc2CCCCCC)sc1-c1ccnc(/C([NH-])=C/C(=N)C(F)(F)F)c1.O=CO/C=C/c1ccnc(-c2cc(/C=C/OC=O)cc(-c3cc(/C=C/OC=O)ccn3)n2)c1.[N-]=C=S.[Ru+2]. The van der Waals surface area contributed by atoms with Crippen LogP contribution < -0.4 is 0 Å². The van der Waals surface area contributed by atoms with E-state index in [-0.39, 0.29) is 25.2 Å². The number of hydrogen-bond acceptors (Lipinski definition) is 15. The fraction of sp³-hybridized carbons (Fsp3) is 0.297. The van der Waals surface area contributed by atoms with Gasteiger partial charge < -0.3 is 25.4 Å². The van der Waals surface area contributed by atoms with Crippen LogP contribution in [0.2, 0.25) is 0 Å². The molecule has 0 aliphatic carbocycles. The summed E-state index contributed by atoms with van der Waals surface area (Å²) in [6.07, 6.45) is 26.6. The van der Waals surface area contributed by atoms with Gasteiger partial charge in [0.25, 0.3) is 19.4 Å². The number of pyridine rings is 4. The molecule has 85 heavy (non-hydrogen) atoms. The molecule has 0 saturated carbocycles. The van der Waals surface area contributed by atoms with Crippen LogP contribution >= 0.6 is 46.2 Å². The number of alkyl halides is 3. The Hall–Kier alpha value is -7.25. The molecular formula is C64H66F3N7O6RuS4. The molecule has 0 spiro atoms. The van der Waals surface area contributed by atoms with Crippen LogP contribution in [0.1, 0.15) is 137 Å². The first-order valence-electron chi connectivity index (χ1n) is 27.4. The monoisotopic (exact) mass is 1320 g/mol. The van der Waals surface area contributed by atoms with Gasteiger partial charge in [-0.3, -0.25) is 34.7 Å². The largest absolute Gasteiger partial charge is 2.00 e. The van der Waals surface area contributed by atoms with Crippen molar-refractivity contribution in [2.24, 2.45) is 0 Å². The molecule has 0 aliphatic rings. The Morgan fingerprint density at radius 1 is 0.612 bits per heavy atom. The number of unbranched alkanes of at least 4 members (excludes halogenated alkanes) is 9. The zero-order valence-electron chi connectivity index (χ0n) is 47.3. The molecule has 446 valence electrons. The molecule has 21 heteroatoms. The molecule has 13 nitrogen and oxygen atoms in total. The van der Waals surface area contributed by atoms with E-state index in [9.17, 15) is 27.6 Å². The van der Waals surface area contributed by atoms with Crippen LogP contribution in [0, 0.1) is 5.41 Å². The molecule has 0 atom stereocenters. The number of halogens is 3. The number of hydrogen-bond donors (Lipinski definition) is 1. The summed E-state index contributed by atoms with van der Waals surface area (Å²) in [6, 6.07) is 21.3. The number of isothiocyanates is 1. The van der Waals surface area contributed by atoms with Gasteiger partial charge in [-0.25, -0.2) is 4.98 Å². The molecule has 0 aromatic carbocycles. The fourth-order valence-corrected chi connectivity index (χ4v) is 12.3. The van der Waals surface area contributed by atoms with Crippen molar-refractivity contribution in [1.82, 2.24) is 19.9 Å². The van der Waals surface area contributed by atoms with Gasteiger partial charge in [0.2, 0.25) is 0 Å². The normalized spacial score (nSPS) is 11.3. The van der Waals surface area contributed by atoms with Crippen molar-refractivity contribution in [3.8, 4) is 52.7 Å². The summed E-state index contributed by atoms with van der Waals surface area (Å²) in [5.41, 5.74) is 15.8. The summed E-state index contributed by atoms with van der Waals surface area (Å²) in [6.45, 7) is 7.66. The molecule has 0 amide bonds. The van der Waals surface area contributed by atoms with E-state index in [1.807, 2.05) is 28.7 Å². The van der Waals surface area contributed by atoms with Crippen LogP contribution in [0.15, 0.2) is 116 Å². The molecule has 0 radical (unpaired) electrons. The van der Waals surface area contributed by atoms with Gasteiger partial charge in [0.15, 0.2) is 0 Å². The van der Waals surface area contributed by atoms with Crippen molar-refractivity contribution in [3.63, 3.8) is 0 Å². The van der Waals surface area contributed by atoms with E-state index in [0.29, 0.717) is 53.8 Å². The molecule has 7 aromatic rings. The quantitative estimate of drug-likeness (QED) is 0.00824. The van der Waals surface area contributed by atoms with Gasteiger partial charge >= 0.3 is 25.7 Å². The van der Waals surface area contributed by atoms with Crippen molar-refractivity contribution < 1.29 is 61.2 Å². The van der Waals surface area contributed by atoms with Crippen LogP contribution in [-0.2, 0) is 67.3 Å². The van der Waals surface area contributed by atoms with E-state index >= 15 is 0 Å². The van der Waals surface area contributed by atoms with Crippen LogP contribution in [0.5, 0.6) is 0 Å². The molecule has 0 unspecified atom stereocenters.